The second kappa shape index (κ2) is 9.64. The highest BCUT2D eigenvalue weighted by Crippen LogP contribution is 2.34. The fraction of sp³-hybridized carbons (Fsp3) is 0.480. The molecular weight excluding hydrogens is 463 g/mol. The molecule has 2 aromatic rings. The third-order valence-corrected chi connectivity index (χ3v) is 7.15. The van der Waals surface area contributed by atoms with Gasteiger partial charge in [0.05, 0.1) is 11.2 Å². The van der Waals surface area contributed by atoms with Gasteiger partial charge in [0, 0.05) is 63.7 Å². The number of aromatic nitrogens is 2. The van der Waals surface area contributed by atoms with Gasteiger partial charge in [0.15, 0.2) is 0 Å². The Morgan fingerprint density at radius 2 is 1.86 bits per heavy atom. The van der Waals surface area contributed by atoms with E-state index >= 15 is 0 Å². The van der Waals surface area contributed by atoms with Crippen molar-refractivity contribution in [3.05, 3.63) is 64.3 Å². The molecule has 5 rings (SSSR count). The van der Waals surface area contributed by atoms with Crippen molar-refractivity contribution in [2.24, 2.45) is 11.5 Å². The minimum Gasteiger partial charge on any atom is -0.370 e. The normalized spacial score (nSPS) is 26.5. The molecule has 3 atom stereocenters. The number of anilines is 1. The number of alkyl halides is 1. The largest absolute Gasteiger partial charge is 0.370 e. The number of hydrogen-bond donors (Lipinski definition) is 3. The first-order valence-corrected chi connectivity index (χ1v) is 12.3. The Labute approximate surface area is 209 Å². The number of carbonyl (C=O) groups is 1. The summed E-state index contributed by atoms with van der Waals surface area (Å²) in [6.07, 6.45) is 3.26. The van der Waals surface area contributed by atoms with Gasteiger partial charge in [-0.25, -0.2) is 14.0 Å². The number of piperidine rings is 1. The van der Waals surface area contributed by atoms with Gasteiger partial charge in [0.25, 0.3) is 0 Å². The van der Waals surface area contributed by atoms with E-state index in [1.54, 1.807) is 17.2 Å². The van der Waals surface area contributed by atoms with E-state index in [-0.39, 0.29) is 23.4 Å². The van der Waals surface area contributed by atoms with Crippen molar-refractivity contribution < 1.29 is 9.18 Å². The highest BCUT2D eigenvalue weighted by molar-refractivity contribution is 5.88. The van der Waals surface area contributed by atoms with Crippen LogP contribution in [0.15, 0.2) is 53.1 Å². The number of hydrogen-bond acceptors (Lipinski definition) is 7. The van der Waals surface area contributed by atoms with Crippen molar-refractivity contribution in [1.82, 2.24) is 24.3 Å². The number of urea groups is 1. The molecule has 1 aliphatic carbocycles. The van der Waals surface area contributed by atoms with Crippen LogP contribution in [0.4, 0.5) is 15.0 Å². The van der Waals surface area contributed by atoms with Crippen molar-refractivity contribution in [2.75, 3.05) is 44.6 Å². The molecule has 2 amide bonds. The molecular formula is C25H33FN8O2. The van der Waals surface area contributed by atoms with Gasteiger partial charge in [0.2, 0.25) is 0 Å². The zero-order valence-corrected chi connectivity index (χ0v) is 20.4. The van der Waals surface area contributed by atoms with Crippen LogP contribution in [-0.2, 0) is 6.54 Å². The molecule has 0 spiro atoms. The number of benzene rings is 1. The zero-order chi connectivity index (χ0) is 25.4. The van der Waals surface area contributed by atoms with E-state index in [0.717, 1.165) is 30.9 Å². The lowest BCUT2D eigenvalue weighted by Gasteiger charge is -2.35. The molecule has 2 fully saturated rings. The van der Waals surface area contributed by atoms with Crippen LogP contribution < -0.4 is 22.5 Å². The second-order valence-electron chi connectivity index (χ2n) is 10.1. The molecule has 2 aliphatic heterocycles. The summed E-state index contributed by atoms with van der Waals surface area (Å²) in [6, 6.07) is 8.46. The van der Waals surface area contributed by atoms with Crippen LogP contribution in [0, 0.1) is 0 Å². The Hall–Kier alpha value is -3.28. The molecule has 3 heterocycles. The van der Waals surface area contributed by atoms with E-state index in [1.165, 1.54) is 4.57 Å². The maximum Gasteiger partial charge on any atom is 0.354 e. The summed E-state index contributed by atoms with van der Waals surface area (Å²) in [6.45, 7) is 6.27. The van der Waals surface area contributed by atoms with Gasteiger partial charge >= 0.3 is 11.7 Å². The van der Waals surface area contributed by atoms with Crippen LogP contribution in [-0.4, -0.2) is 87.3 Å². The van der Waals surface area contributed by atoms with Crippen LogP contribution in [0.2, 0.25) is 0 Å². The number of piperazine rings is 1. The molecule has 2 saturated heterocycles. The summed E-state index contributed by atoms with van der Waals surface area (Å²) in [5.41, 5.74) is 13.8. The Kier molecular flexibility index (Phi) is 6.54. The summed E-state index contributed by atoms with van der Waals surface area (Å²) in [5, 5.41) is 2.73. The van der Waals surface area contributed by atoms with E-state index in [2.05, 4.69) is 15.2 Å². The van der Waals surface area contributed by atoms with Gasteiger partial charge in [-0.15, -0.1) is 0 Å². The average molecular weight is 497 g/mol. The highest BCUT2D eigenvalue weighted by atomic mass is 19.1. The summed E-state index contributed by atoms with van der Waals surface area (Å²) in [4.78, 5) is 35.3. The summed E-state index contributed by atoms with van der Waals surface area (Å²) < 4.78 is 15.3. The molecule has 5 N–H and O–H groups in total. The molecule has 36 heavy (non-hydrogen) atoms. The molecule has 0 radical (unpaired) electrons. The fourth-order valence-corrected chi connectivity index (χ4v) is 4.84. The van der Waals surface area contributed by atoms with Crippen LogP contribution in [0.1, 0.15) is 18.9 Å². The van der Waals surface area contributed by atoms with Crippen molar-refractivity contribution in [1.29, 1.82) is 0 Å². The van der Waals surface area contributed by atoms with Crippen LogP contribution in [0.25, 0.3) is 5.69 Å². The second-order valence-corrected chi connectivity index (χ2v) is 10.1. The monoisotopic (exact) mass is 496 g/mol. The molecule has 1 aromatic heterocycles. The van der Waals surface area contributed by atoms with Gasteiger partial charge in [-0.05, 0) is 43.2 Å². The maximum absolute atomic E-state index is 13.9. The van der Waals surface area contributed by atoms with Gasteiger partial charge in [-0.1, -0.05) is 12.1 Å². The van der Waals surface area contributed by atoms with Gasteiger partial charge in [-0.3, -0.25) is 14.8 Å². The Bertz CT molecular complexity index is 1200. The summed E-state index contributed by atoms with van der Waals surface area (Å²) in [7, 11) is 0. The number of amides is 2. The van der Waals surface area contributed by atoms with E-state index in [1.807, 2.05) is 42.2 Å². The van der Waals surface area contributed by atoms with Crippen molar-refractivity contribution in [2.45, 2.75) is 37.6 Å². The molecule has 0 saturated carbocycles. The van der Waals surface area contributed by atoms with Crippen molar-refractivity contribution >= 4 is 11.8 Å². The molecule has 2 unspecified atom stereocenters. The lowest BCUT2D eigenvalue weighted by molar-refractivity contribution is 0.114. The maximum atomic E-state index is 13.9. The van der Waals surface area contributed by atoms with Crippen LogP contribution >= 0.6 is 0 Å². The zero-order valence-electron chi connectivity index (χ0n) is 20.4. The smallest absolute Gasteiger partial charge is 0.354 e. The number of nitrogens with two attached hydrogens (primary N) is 2. The first-order valence-electron chi connectivity index (χ1n) is 12.3. The SMILES string of the molecule is CC1(N)C=C1N1CCN(C(=O)Nc2ccn(-c3ccc(CN4CC[C@H](N)C(F)C4)cc3)c(=O)n2)CC1. The Morgan fingerprint density at radius 1 is 1.17 bits per heavy atom. The van der Waals surface area contributed by atoms with E-state index < -0.39 is 11.9 Å². The minimum absolute atomic E-state index is 0.212. The topological polar surface area (TPSA) is 126 Å². The van der Waals surface area contributed by atoms with E-state index in [4.69, 9.17) is 11.5 Å². The third kappa shape index (κ3) is 5.28. The van der Waals surface area contributed by atoms with Crippen LogP contribution in [0.5, 0.6) is 0 Å². The van der Waals surface area contributed by atoms with Crippen LogP contribution in [0.3, 0.4) is 0 Å². The molecule has 10 nitrogen and oxygen atoms in total. The minimum atomic E-state index is -1.01. The molecule has 1 aromatic carbocycles. The van der Waals surface area contributed by atoms with Gasteiger partial charge in [0.1, 0.15) is 12.0 Å². The molecule has 3 aliphatic rings. The van der Waals surface area contributed by atoms with E-state index in [9.17, 15) is 14.0 Å². The fourth-order valence-electron chi connectivity index (χ4n) is 4.84. The third-order valence-electron chi connectivity index (χ3n) is 7.15. The van der Waals surface area contributed by atoms with Gasteiger partial charge < -0.3 is 21.3 Å². The number of nitrogens with zero attached hydrogens (tertiary/aromatic N) is 5. The number of nitrogens with one attached hydrogen (secondary N) is 1. The van der Waals surface area contributed by atoms with Gasteiger partial charge in [-0.2, -0.15) is 4.98 Å². The number of halogens is 1. The predicted octanol–water partition coefficient (Wildman–Crippen LogP) is 0.868. The van der Waals surface area contributed by atoms with E-state index in [0.29, 0.717) is 38.3 Å². The molecule has 0 bridgehead atoms. The Morgan fingerprint density at radius 3 is 2.47 bits per heavy atom. The predicted molar refractivity (Wildman–Crippen MR) is 135 cm³/mol. The molecule has 192 valence electrons. The standard InChI is InChI=1S/C25H33FN8O2/c1-25(28)14-21(25)32-10-12-33(13-11-32)23(35)29-22-7-9-34(24(36)30-22)18-4-2-17(3-5-18)15-31-8-6-20(27)19(26)16-31/h2-5,7,9,14,19-20H,6,8,10-13,15-16,27-28H2,1H3,(H,29,30,35,36)/t19?,20-,25?/m0/s1. The summed E-state index contributed by atoms with van der Waals surface area (Å²) in [5.74, 6) is 0.212. The number of rotatable bonds is 5. The first kappa shape index (κ1) is 24.4. The van der Waals surface area contributed by atoms with Crippen molar-refractivity contribution in [3.8, 4) is 5.69 Å². The molecule has 11 heteroatoms. The average Bonchev–Trinajstić information content (AvgIpc) is 3.50. The number of likely N-dealkylation sites (tertiary alicyclic amines) is 1. The quantitative estimate of drug-likeness (QED) is 0.561. The number of carbonyl (C=O) groups excluding carboxylic acids is 1. The lowest BCUT2D eigenvalue weighted by Crippen LogP contribution is -2.50. The highest BCUT2D eigenvalue weighted by Gasteiger charge is 2.40. The van der Waals surface area contributed by atoms with Crippen molar-refractivity contribution in [3.63, 3.8) is 0 Å². The Balaban J connectivity index is 1.16. The lowest BCUT2D eigenvalue weighted by atomic mass is 10.0. The first-order chi connectivity index (χ1) is 17.2. The summed E-state index contributed by atoms with van der Waals surface area (Å²) >= 11 is 0.